The zero-order valence-corrected chi connectivity index (χ0v) is 14.4. The van der Waals surface area contributed by atoms with Gasteiger partial charge in [-0.3, -0.25) is 9.59 Å². The van der Waals surface area contributed by atoms with Gasteiger partial charge in [-0.25, -0.2) is 4.39 Å². The summed E-state index contributed by atoms with van der Waals surface area (Å²) in [5, 5.41) is 11.1. The lowest BCUT2D eigenvalue weighted by Gasteiger charge is -2.18. The first-order valence-electron chi connectivity index (χ1n) is 8.36. The van der Waals surface area contributed by atoms with E-state index in [9.17, 15) is 27.2 Å². The number of rotatable bonds is 5. The predicted molar refractivity (Wildman–Crippen MR) is 91.7 cm³/mol. The van der Waals surface area contributed by atoms with E-state index in [4.69, 9.17) is 5.26 Å². The molecule has 0 aliphatic heterocycles. The molecule has 2 aromatic carbocycles. The number of amides is 1. The minimum Gasteiger partial charge on any atom is -0.319 e. The summed E-state index contributed by atoms with van der Waals surface area (Å²) in [6.07, 6.45) is -4.37. The average molecular weight is 390 g/mol. The predicted octanol–water partition coefficient (Wildman–Crippen LogP) is 4.35. The lowest BCUT2D eigenvalue weighted by Crippen LogP contribution is -2.27. The highest BCUT2D eigenvalue weighted by Gasteiger charge is 2.49. The molecule has 4 nitrogen and oxygen atoms in total. The van der Waals surface area contributed by atoms with E-state index < -0.39 is 34.7 Å². The molecule has 2 aromatic rings. The second kappa shape index (κ2) is 7.08. The first kappa shape index (κ1) is 19.5. The molecule has 1 saturated carbocycles. The second-order valence-corrected chi connectivity index (χ2v) is 6.72. The van der Waals surface area contributed by atoms with Gasteiger partial charge < -0.3 is 5.32 Å². The Morgan fingerprint density at radius 1 is 1.11 bits per heavy atom. The van der Waals surface area contributed by atoms with Crippen molar-refractivity contribution in [2.45, 2.75) is 30.9 Å². The molecule has 1 aliphatic carbocycles. The van der Waals surface area contributed by atoms with Gasteiger partial charge in [-0.1, -0.05) is 0 Å². The minimum atomic E-state index is -4.63. The molecule has 3 rings (SSSR count). The molecular weight excluding hydrogens is 376 g/mol. The van der Waals surface area contributed by atoms with Crippen molar-refractivity contribution in [2.75, 3.05) is 5.32 Å². The summed E-state index contributed by atoms with van der Waals surface area (Å²) in [6, 6.07) is 9.82. The number of hydrogen-bond donors (Lipinski definition) is 1. The quantitative estimate of drug-likeness (QED) is 0.610. The SMILES string of the molecule is N#Cc1ccc(NC(=O)C(=O)CC2(c3cc(C(F)(F)F)ccc3F)CC2)cc1. The first-order valence-corrected chi connectivity index (χ1v) is 8.36. The number of alkyl halides is 3. The van der Waals surface area contributed by atoms with Gasteiger partial charge in [0.05, 0.1) is 17.2 Å². The Hall–Kier alpha value is -3.21. The van der Waals surface area contributed by atoms with E-state index in [1.54, 1.807) is 0 Å². The number of anilines is 1. The highest BCUT2D eigenvalue weighted by Crippen LogP contribution is 2.52. The van der Waals surface area contributed by atoms with Crippen LogP contribution in [0.25, 0.3) is 0 Å². The van der Waals surface area contributed by atoms with Crippen LogP contribution in [-0.4, -0.2) is 11.7 Å². The topological polar surface area (TPSA) is 70.0 Å². The monoisotopic (exact) mass is 390 g/mol. The van der Waals surface area contributed by atoms with E-state index in [1.807, 2.05) is 6.07 Å². The van der Waals surface area contributed by atoms with Gasteiger partial charge in [0.15, 0.2) is 0 Å². The number of hydrogen-bond acceptors (Lipinski definition) is 3. The van der Waals surface area contributed by atoms with Gasteiger partial charge in [0, 0.05) is 17.5 Å². The van der Waals surface area contributed by atoms with Crippen molar-refractivity contribution < 1.29 is 27.2 Å². The Bertz CT molecular complexity index is 971. The zero-order chi connectivity index (χ0) is 20.5. The van der Waals surface area contributed by atoms with E-state index in [1.165, 1.54) is 24.3 Å². The summed E-state index contributed by atoms with van der Waals surface area (Å²) in [6.45, 7) is 0. The summed E-state index contributed by atoms with van der Waals surface area (Å²) >= 11 is 0. The van der Waals surface area contributed by atoms with Crippen molar-refractivity contribution in [2.24, 2.45) is 0 Å². The Morgan fingerprint density at radius 2 is 1.75 bits per heavy atom. The van der Waals surface area contributed by atoms with Gasteiger partial charge in [-0.2, -0.15) is 18.4 Å². The van der Waals surface area contributed by atoms with Crippen LogP contribution in [0.5, 0.6) is 0 Å². The first-order chi connectivity index (χ1) is 13.1. The third-order valence-electron chi connectivity index (χ3n) is 4.74. The molecule has 1 amide bonds. The number of benzene rings is 2. The van der Waals surface area contributed by atoms with Crippen molar-refractivity contribution in [3.05, 3.63) is 65.0 Å². The van der Waals surface area contributed by atoms with Crippen LogP contribution in [0.2, 0.25) is 0 Å². The number of nitrogens with zero attached hydrogens (tertiary/aromatic N) is 1. The maximum atomic E-state index is 14.2. The van der Waals surface area contributed by atoms with E-state index in [0.29, 0.717) is 36.2 Å². The molecular formula is C20H14F4N2O2. The maximum absolute atomic E-state index is 14.2. The van der Waals surface area contributed by atoms with Crippen LogP contribution < -0.4 is 5.32 Å². The smallest absolute Gasteiger partial charge is 0.319 e. The Morgan fingerprint density at radius 3 is 2.29 bits per heavy atom. The molecule has 0 radical (unpaired) electrons. The average Bonchev–Trinajstić information content (AvgIpc) is 3.42. The van der Waals surface area contributed by atoms with Crippen molar-refractivity contribution in [1.82, 2.24) is 0 Å². The van der Waals surface area contributed by atoms with E-state index in [0.717, 1.165) is 6.07 Å². The molecule has 0 heterocycles. The Kier molecular flexibility index (Phi) is 4.94. The summed E-state index contributed by atoms with van der Waals surface area (Å²) < 4.78 is 52.9. The van der Waals surface area contributed by atoms with Crippen LogP contribution in [0.15, 0.2) is 42.5 Å². The van der Waals surface area contributed by atoms with Gasteiger partial charge in [0.2, 0.25) is 5.78 Å². The van der Waals surface area contributed by atoms with Crippen LogP contribution in [0.3, 0.4) is 0 Å². The molecule has 0 aromatic heterocycles. The fourth-order valence-electron chi connectivity index (χ4n) is 3.02. The number of carbonyl (C=O) groups excluding carboxylic acids is 2. The molecule has 0 spiro atoms. The van der Waals surface area contributed by atoms with E-state index >= 15 is 0 Å². The molecule has 0 atom stereocenters. The minimum absolute atomic E-state index is 0.193. The molecule has 0 saturated heterocycles. The van der Waals surface area contributed by atoms with Crippen molar-refractivity contribution in [3.63, 3.8) is 0 Å². The van der Waals surface area contributed by atoms with Gasteiger partial charge in [-0.05, 0) is 60.9 Å². The van der Waals surface area contributed by atoms with E-state index in [-0.39, 0.29) is 12.0 Å². The number of nitriles is 1. The maximum Gasteiger partial charge on any atom is 0.416 e. The molecule has 1 N–H and O–H groups in total. The molecule has 144 valence electrons. The molecule has 8 heteroatoms. The lowest BCUT2D eigenvalue weighted by atomic mass is 9.88. The zero-order valence-electron chi connectivity index (χ0n) is 14.4. The van der Waals surface area contributed by atoms with Crippen LogP contribution in [0.1, 0.15) is 36.0 Å². The number of nitrogens with one attached hydrogen (secondary N) is 1. The van der Waals surface area contributed by atoms with Crippen molar-refractivity contribution in [1.29, 1.82) is 5.26 Å². The summed E-state index contributed by atoms with van der Waals surface area (Å²) in [5.74, 6) is -2.62. The van der Waals surface area contributed by atoms with Crippen LogP contribution in [0.4, 0.5) is 23.2 Å². The number of Topliss-reactive ketones (excluding diaryl/α,β-unsaturated/α-hetero) is 1. The van der Waals surface area contributed by atoms with E-state index in [2.05, 4.69) is 5.32 Å². The number of ketones is 1. The Labute approximate surface area is 157 Å². The van der Waals surface area contributed by atoms with Crippen LogP contribution >= 0.6 is 0 Å². The molecule has 0 unspecified atom stereocenters. The van der Waals surface area contributed by atoms with Crippen molar-refractivity contribution >= 4 is 17.4 Å². The fourth-order valence-corrected chi connectivity index (χ4v) is 3.02. The Balaban J connectivity index is 1.74. The molecule has 28 heavy (non-hydrogen) atoms. The van der Waals surface area contributed by atoms with Gasteiger partial charge in [-0.15, -0.1) is 0 Å². The molecule has 0 bridgehead atoms. The molecule has 1 fully saturated rings. The summed E-state index contributed by atoms with van der Waals surface area (Å²) in [4.78, 5) is 24.4. The highest BCUT2D eigenvalue weighted by atomic mass is 19.4. The number of halogens is 4. The van der Waals surface area contributed by atoms with Crippen LogP contribution in [-0.2, 0) is 21.2 Å². The third-order valence-corrected chi connectivity index (χ3v) is 4.74. The standard InChI is InChI=1S/C20H14F4N2O2/c21-16-6-3-13(20(22,23)24)9-15(16)19(7-8-19)10-17(27)18(28)26-14-4-1-12(11-25)2-5-14/h1-6,9H,7-8,10H2,(H,26,28). The largest absolute Gasteiger partial charge is 0.416 e. The van der Waals surface area contributed by atoms with Gasteiger partial charge >= 0.3 is 6.18 Å². The highest BCUT2D eigenvalue weighted by molar-refractivity contribution is 6.40. The summed E-state index contributed by atoms with van der Waals surface area (Å²) in [5.41, 5.74) is -1.61. The normalized spacial score (nSPS) is 14.8. The lowest BCUT2D eigenvalue weighted by molar-refractivity contribution is -0.137. The summed E-state index contributed by atoms with van der Waals surface area (Å²) in [7, 11) is 0. The second-order valence-electron chi connectivity index (χ2n) is 6.72. The van der Waals surface area contributed by atoms with Gasteiger partial charge in [0.1, 0.15) is 5.82 Å². The van der Waals surface area contributed by atoms with Crippen molar-refractivity contribution in [3.8, 4) is 6.07 Å². The van der Waals surface area contributed by atoms with Gasteiger partial charge in [0.25, 0.3) is 5.91 Å². The molecule has 1 aliphatic rings. The number of carbonyl (C=O) groups is 2. The fraction of sp³-hybridized carbons (Fsp3) is 0.250. The van der Waals surface area contributed by atoms with Crippen LogP contribution in [0, 0.1) is 17.1 Å². The third kappa shape index (κ3) is 4.03.